The molecule has 1 unspecified atom stereocenters. The second-order valence-corrected chi connectivity index (χ2v) is 59.1. The minimum Gasteiger partial charge on any atom is -0.460 e. The van der Waals surface area contributed by atoms with Gasteiger partial charge in [-0.3, -0.25) is 14.4 Å². The van der Waals surface area contributed by atoms with Crippen LogP contribution in [-0.2, 0) is 173 Å². The molecule has 1 atom stereocenters. The number of thioether (sulfide) groups is 2. The molecule has 0 fully saturated rings. The zero-order chi connectivity index (χ0) is 111. The van der Waals surface area contributed by atoms with E-state index >= 15 is 0 Å². The number of nitrogens with one attached hydrogen (secondary N) is 2. The van der Waals surface area contributed by atoms with Gasteiger partial charge in [-0.1, -0.05) is 13.0 Å². The van der Waals surface area contributed by atoms with E-state index in [2.05, 4.69) is 74.1 Å². The fourth-order valence-electron chi connectivity index (χ4n) is 8.61. The Morgan fingerprint density at radius 3 is 0.950 bits per heavy atom. The molecule has 0 aliphatic carbocycles. The highest BCUT2D eigenvalue weighted by molar-refractivity contribution is 8.13. The van der Waals surface area contributed by atoms with Gasteiger partial charge in [-0.25, -0.2) is 76.7 Å². The Hall–Kier alpha value is -3.64. The number of rotatable bonds is 60. The van der Waals surface area contributed by atoms with Gasteiger partial charge in [-0.2, -0.15) is 76.2 Å². The molecule has 1 rings (SSSR count). The van der Waals surface area contributed by atoms with E-state index in [0.717, 1.165) is 106 Å². The van der Waals surface area contributed by atoms with E-state index in [-0.39, 0.29) is 48.8 Å². The van der Waals surface area contributed by atoms with Gasteiger partial charge in [0.15, 0.2) is 65.6 Å². The van der Waals surface area contributed by atoms with Gasteiger partial charge in [0.1, 0.15) is 39.5 Å². The van der Waals surface area contributed by atoms with Gasteiger partial charge in [0.05, 0.1) is 122 Å². The van der Waals surface area contributed by atoms with Crippen LogP contribution in [0.25, 0.3) is 16.5 Å². The van der Waals surface area contributed by atoms with Gasteiger partial charge < -0.3 is 113 Å². The van der Waals surface area contributed by atoms with Crippen LogP contribution in [0, 0.1) is 5.92 Å². The van der Waals surface area contributed by atoms with Crippen molar-refractivity contribution in [2.24, 2.45) is 5.92 Å². The summed E-state index contributed by atoms with van der Waals surface area (Å²) in [4.78, 5) is 46.7. The quantitative estimate of drug-likeness (QED) is 0.0129. The van der Waals surface area contributed by atoms with E-state index in [9.17, 15) is 139 Å². The standard InChI is InChI=1S/C17H30N2O5Si.C15H34NO5SSi.C14H33N2O5Si.C14H32NO5SSi.4C2H3F3NO4S2/c1-4-22-25(23-5-2,24-6-3)16-10-11-18-17(20)21-15-14-19-12-8-7-9-13-19;1-14(15(17)21-10-9-16(2,3)4)13-22-11-8-12-23(18-5,19-6)20-7;1-16(2,3)11-12-21-14(17)8-10-15-9-7-13-22(18-4,19-5)20-6;1-15(2,3)9-10-20-14(16)8-12-21-11-7-13-22(17-4,18-5)19-6;4*1-11(7,8)6-12(9,10)2(3,4)5/h7-9,12-13H,4-6,10-11,14-16H2,1-3H3;14H,8-13H2,1-7H3;15H,7-13H2,1-6H3;7-13H2,1-6H3;4*1H3/q;3*+1;4*-1/p+1. The molecule has 0 aliphatic heterocycles. The molecule has 0 bridgehead atoms. The van der Waals surface area contributed by atoms with Crippen LogP contribution >= 0.6 is 23.5 Å². The number of pyridine rings is 1. The number of quaternary nitrogens is 3. The van der Waals surface area contributed by atoms with E-state index in [1.165, 1.54) is 0 Å². The summed E-state index contributed by atoms with van der Waals surface area (Å²) in [5.74, 6) is 2.99. The molecule has 2 N–H and O–H groups in total. The van der Waals surface area contributed by atoms with Crippen molar-refractivity contribution in [3.8, 4) is 0 Å². The Morgan fingerprint density at radius 2 is 0.664 bits per heavy atom. The molecule has 1 aromatic heterocycles. The van der Waals surface area contributed by atoms with E-state index in [1.807, 2.05) is 62.9 Å². The number of carbonyl (C=O) groups excluding carboxylic acids is 4. The third kappa shape index (κ3) is 81.4. The van der Waals surface area contributed by atoms with Crippen molar-refractivity contribution in [2.75, 3.05) is 261 Å². The molecule has 0 spiro atoms. The Morgan fingerprint density at radius 1 is 0.379 bits per heavy atom. The number of sulfonamides is 8. The zero-order valence-electron chi connectivity index (χ0n) is 83.2. The Balaban J connectivity index is -0.000000294. The summed E-state index contributed by atoms with van der Waals surface area (Å²) in [6, 6.07) is 8.81. The highest BCUT2D eigenvalue weighted by Crippen LogP contribution is 2.33. The summed E-state index contributed by atoms with van der Waals surface area (Å²) in [5.41, 5.74) is -22.7. The van der Waals surface area contributed by atoms with Crippen LogP contribution in [0.4, 0.5) is 57.5 Å². The lowest BCUT2D eigenvalue weighted by atomic mass is 10.2. The maximum Gasteiger partial charge on any atom is 0.500 e. The number of nitrogens with zero attached hydrogens (tertiary/aromatic N) is 8. The van der Waals surface area contributed by atoms with Crippen LogP contribution in [-0.4, -0.2) is 423 Å². The van der Waals surface area contributed by atoms with E-state index < -0.39 is 144 Å². The monoisotopic (exact) mass is 2330 g/mol. The molecule has 0 aromatic carbocycles. The van der Waals surface area contributed by atoms with Crippen molar-refractivity contribution in [3.05, 3.63) is 47.1 Å². The number of carbonyl (C=O) groups is 4. The maximum absolute atomic E-state index is 11.9. The van der Waals surface area contributed by atoms with E-state index in [4.69, 9.17) is 72.1 Å². The Kier molecular flexibility index (Phi) is 75.8. The van der Waals surface area contributed by atoms with E-state index in [1.54, 1.807) is 104 Å². The van der Waals surface area contributed by atoms with Gasteiger partial charge in [0.25, 0.3) is 0 Å². The minimum absolute atomic E-state index is 0.0817. The van der Waals surface area contributed by atoms with Crippen LogP contribution in [0.1, 0.15) is 66.2 Å². The first kappa shape index (κ1) is 149. The molecule has 0 radical (unpaired) electrons. The molecule has 1 heterocycles. The fraction of sp³-hybridized carbons (Fsp3) is 0.868. The molecule has 46 nitrogen and oxygen atoms in total. The van der Waals surface area contributed by atoms with Gasteiger partial charge in [0.2, 0.25) is 0 Å². The van der Waals surface area contributed by atoms with E-state index in [0.29, 0.717) is 84.8 Å². The molecule has 1 aromatic rings. The number of likely N-dealkylation sites (N-methyl/N-ethyl adjacent to an activating group) is 3. The van der Waals surface area contributed by atoms with Gasteiger partial charge in [-0.15, -0.1) is 0 Å². The van der Waals surface area contributed by atoms with Crippen molar-refractivity contribution >= 4 is 163 Å². The third-order valence-corrected chi connectivity index (χ3v) is 39.3. The number of alkyl carbamates (subject to hydrolysis) is 1. The Labute approximate surface area is 830 Å². The average molecular weight is 2340 g/mol. The molecule has 72 heteroatoms. The molecular formula is C68H142F12N10O36S10Si4. The van der Waals surface area contributed by atoms with Crippen LogP contribution in [0.3, 0.4) is 0 Å². The summed E-state index contributed by atoms with van der Waals surface area (Å²) >= 11 is 3.50. The summed E-state index contributed by atoms with van der Waals surface area (Å²) < 4.78 is 395. The normalized spacial score (nSPS) is 13.2. The fourth-order valence-corrected chi connectivity index (χ4v) is 25.8. The lowest BCUT2D eigenvalue weighted by Gasteiger charge is -2.28. The second-order valence-electron chi connectivity index (χ2n) is 30.9. The smallest absolute Gasteiger partial charge is 0.460 e. The van der Waals surface area contributed by atoms with Gasteiger partial charge in [-0.05, 0) is 64.5 Å². The van der Waals surface area contributed by atoms with Crippen LogP contribution in [0.15, 0.2) is 30.6 Å². The summed E-state index contributed by atoms with van der Waals surface area (Å²) in [6.45, 7) is 16.1. The third-order valence-electron chi connectivity index (χ3n) is 15.4. The van der Waals surface area contributed by atoms with Crippen molar-refractivity contribution < 1.29 is 229 Å². The molecule has 1 amide bonds. The average Bonchev–Trinajstić information content (AvgIpc) is 0.831. The molecule has 840 valence electrons. The Bertz CT molecular complexity index is 4170. The molecule has 0 saturated heterocycles. The van der Waals surface area contributed by atoms with Gasteiger partial charge >= 0.3 is 81.3 Å². The number of amides is 1. The zero-order valence-corrected chi connectivity index (χ0v) is 95.3. The number of ether oxygens (including phenoxy) is 4. The van der Waals surface area contributed by atoms with Crippen molar-refractivity contribution in [1.82, 2.24) is 10.6 Å². The minimum atomic E-state index is -5.92. The molecule has 0 saturated carbocycles. The molecule has 140 heavy (non-hydrogen) atoms. The van der Waals surface area contributed by atoms with Crippen LogP contribution in [0.5, 0.6) is 0 Å². The van der Waals surface area contributed by atoms with Crippen LogP contribution in [0.2, 0.25) is 24.2 Å². The predicted octanol–water partition coefficient (Wildman–Crippen LogP) is 6.80. The summed E-state index contributed by atoms with van der Waals surface area (Å²) in [5, 5.41) is 5.97. The molecular weight excluding hydrogens is 2190 g/mol. The lowest BCUT2D eigenvalue weighted by Crippen LogP contribution is -2.46. The SMILES string of the molecule is CCO[Si](CCCNC(=O)OCC[n+]1ccccc1)(OCC)OCC.CO[Si](CCCNCCC(=O)OCC[N+](C)(C)C)(OC)OC.CO[Si](CCCSCC(C)C(=O)OCC[N+](C)(C)C)(OC)OC.CO[Si](CCCSCCC(=O)OCC[N+](C)(C)C)(OC)OC.CS(=O)(=O)[N-]S(=O)(=O)C(F)(F)F.CS(=O)(=O)[N-]S(=O)(=O)C(F)(F)F.CS(=O)(=O)[N-]S(=O)(=O)C(F)(F)F.CS(=O)(=O)[N-]S(=O)(=O)C(F)(F)F. The number of hydrogen-bond acceptors (Lipinski definition) is 39. The highest BCUT2D eigenvalue weighted by atomic mass is 32.3. The largest absolute Gasteiger partial charge is 0.500 e. The topological polar surface area (TPSA) is 573 Å². The number of hydrogen-bond donors (Lipinski definition) is 2. The summed E-state index contributed by atoms with van der Waals surface area (Å²) in [7, 11) is -18.6. The molecule has 0 aliphatic rings. The first-order valence-corrected chi connectivity index (χ1v) is 63.9. The highest BCUT2D eigenvalue weighted by Gasteiger charge is 2.45. The van der Waals surface area contributed by atoms with Gasteiger partial charge in [0, 0.05) is 170 Å². The van der Waals surface area contributed by atoms with Crippen LogP contribution < -0.4 is 15.2 Å². The summed E-state index contributed by atoms with van der Waals surface area (Å²) in [6.07, 6.45) is 8.77. The number of alkyl halides is 12. The van der Waals surface area contributed by atoms with Crippen molar-refractivity contribution in [3.63, 3.8) is 0 Å². The second kappa shape index (κ2) is 71.1. The maximum atomic E-state index is 11.9. The number of halogens is 12. The van der Waals surface area contributed by atoms with Crippen molar-refractivity contribution in [2.45, 2.75) is 119 Å². The predicted molar refractivity (Wildman–Crippen MR) is 505 cm³/mol. The number of aromatic nitrogens is 1. The lowest BCUT2D eigenvalue weighted by molar-refractivity contribution is -0.870. The number of esters is 3. The first-order chi connectivity index (χ1) is 63.2. The van der Waals surface area contributed by atoms with Crippen molar-refractivity contribution in [1.29, 1.82) is 0 Å². The first-order valence-electron chi connectivity index (χ1n) is 40.7.